The molecule has 2 aliphatic heterocycles. The molecule has 1 fully saturated rings. The molecule has 0 radical (unpaired) electrons. The topological polar surface area (TPSA) is 150 Å². The molecule has 2 aliphatic rings. The maximum absolute atomic E-state index is 13.3. The first kappa shape index (κ1) is 24.6. The van der Waals surface area contributed by atoms with E-state index in [-0.39, 0.29) is 31.2 Å². The van der Waals surface area contributed by atoms with Crippen molar-refractivity contribution in [3.63, 3.8) is 0 Å². The number of anilines is 1. The Hall–Kier alpha value is -4.09. The molecule has 0 spiro atoms. The van der Waals surface area contributed by atoms with Crippen molar-refractivity contribution in [1.82, 2.24) is 10.6 Å². The van der Waals surface area contributed by atoms with E-state index in [1.165, 1.54) is 4.90 Å². The van der Waals surface area contributed by atoms with E-state index in [4.69, 9.17) is 4.55 Å². The van der Waals surface area contributed by atoms with Gasteiger partial charge in [-0.1, -0.05) is 30.3 Å². The maximum Gasteiger partial charge on any atom is 0.266 e. The summed E-state index contributed by atoms with van der Waals surface area (Å²) in [6.45, 7) is -0.200. The van der Waals surface area contributed by atoms with Crippen LogP contribution in [0.4, 0.5) is 5.69 Å². The second-order valence-electron chi connectivity index (χ2n) is 9.03. The zero-order valence-corrected chi connectivity index (χ0v) is 20.4. The molecule has 0 aliphatic carbocycles. The molecule has 190 valence electrons. The number of imide groups is 1. The predicted molar refractivity (Wildman–Crippen MR) is 135 cm³/mol. The summed E-state index contributed by atoms with van der Waals surface area (Å²) in [5.41, 5.74) is 3.39. The number of rotatable bonds is 7. The highest BCUT2D eigenvalue weighted by atomic mass is 32.2. The molecular weight excluding hydrogens is 498 g/mol. The lowest BCUT2D eigenvalue weighted by atomic mass is 9.95. The number of carbonyl (C=O) groups excluding carboxylic acids is 4. The third-order valence-corrected chi connectivity index (χ3v) is 7.32. The van der Waals surface area contributed by atoms with Crippen LogP contribution in [0, 0.1) is 0 Å². The lowest BCUT2D eigenvalue weighted by Crippen LogP contribution is -2.53. The average molecular weight is 522 g/mol. The van der Waals surface area contributed by atoms with E-state index < -0.39 is 33.7 Å². The van der Waals surface area contributed by atoms with Gasteiger partial charge in [0, 0.05) is 29.5 Å². The molecule has 1 saturated heterocycles. The van der Waals surface area contributed by atoms with Gasteiger partial charge in [0.15, 0.2) is 0 Å². The standard InChI is InChI=1S/C26H23N3O7S/c30-22-11-10-21(25(32)28-22)29-20-9-8-17(18-2-1-3-19(23(18)20)26(29)33)14-15-4-6-16(7-5-15)24(31)27-12-13-37(34,35)36/h1-9,21H,10-14H2,(H,27,31)(H,28,30,32)(H,34,35,36). The van der Waals surface area contributed by atoms with Gasteiger partial charge in [0.1, 0.15) is 6.04 Å². The Labute approximate surface area is 212 Å². The van der Waals surface area contributed by atoms with Crippen LogP contribution in [-0.4, -0.2) is 54.9 Å². The number of nitrogens with zero attached hydrogens (tertiary/aromatic N) is 1. The van der Waals surface area contributed by atoms with Crippen LogP contribution in [0.3, 0.4) is 0 Å². The van der Waals surface area contributed by atoms with Gasteiger partial charge in [-0.2, -0.15) is 8.42 Å². The normalized spacial score (nSPS) is 17.3. The summed E-state index contributed by atoms with van der Waals surface area (Å²) in [4.78, 5) is 51.1. The van der Waals surface area contributed by atoms with Crippen LogP contribution in [0.2, 0.25) is 0 Å². The predicted octanol–water partition coefficient (Wildman–Crippen LogP) is 1.81. The number of amides is 4. The van der Waals surface area contributed by atoms with E-state index >= 15 is 0 Å². The second kappa shape index (κ2) is 9.41. The highest BCUT2D eigenvalue weighted by Crippen LogP contribution is 2.41. The Morgan fingerprint density at radius 3 is 2.51 bits per heavy atom. The third kappa shape index (κ3) is 4.83. The van der Waals surface area contributed by atoms with Crippen LogP contribution in [0.5, 0.6) is 0 Å². The zero-order valence-electron chi connectivity index (χ0n) is 19.6. The van der Waals surface area contributed by atoms with Crippen LogP contribution < -0.4 is 15.5 Å². The first-order chi connectivity index (χ1) is 17.6. The van der Waals surface area contributed by atoms with Crippen molar-refractivity contribution < 1.29 is 32.1 Å². The van der Waals surface area contributed by atoms with Gasteiger partial charge in [0.05, 0.1) is 11.4 Å². The summed E-state index contributed by atoms with van der Waals surface area (Å²) in [5.74, 6) is -2.10. The summed E-state index contributed by atoms with van der Waals surface area (Å²) in [7, 11) is -4.15. The third-order valence-electron chi connectivity index (χ3n) is 6.60. The van der Waals surface area contributed by atoms with Gasteiger partial charge in [-0.3, -0.25) is 33.9 Å². The molecule has 3 aromatic carbocycles. The molecule has 3 N–H and O–H groups in total. The van der Waals surface area contributed by atoms with E-state index in [1.54, 1.807) is 36.4 Å². The molecule has 5 rings (SSSR count). The van der Waals surface area contributed by atoms with Crippen molar-refractivity contribution >= 4 is 50.2 Å². The van der Waals surface area contributed by atoms with E-state index in [0.717, 1.165) is 21.9 Å². The van der Waals surface area contributed by atoms with Gasteiger partial charge in [0.2, 0.25) is 11.8 Å². The van der Waals surface area contributed by atoms with E-state index in [1.807, 2.05) is 18.2 Å². The number of benzene rings is 3. The van der Waals surface area contributed by atoms with Crippen molar-refractivity contribution in [3.05, 3.63) is 76.9 Å². The number of piperidine rings is 1. The molecule has 0 bridgehead atoms. The minimum atomic E-state index is -4.15. The minimum absolute atomic E-state index is 0.173. The van der Waals surface area contributed by atoms with Crippen LogP contribution in [0.1, 0.15) is 44.7 Å². The first-order valence-electron chi connectivity index (χ1n) is 11.7. The molecule has 0 aromatic heterocycles. The van der Waals surface area contributed by atoms with Crippen LogP contribution in [0.25, 0.3) is 10.8 Å². The van der Waals surface area contributed by atoms with E-state index in [0.29, 0.717) is 23.2 Å². The largest absolute Gasteiger partial charge is 0.351 e. The van der Waals surface area contributed by atoms with E-state index in [2.05, 4.69) is 10.6 Å². The highest BCUT2D eigenvalue weighted by Gasteiger charge is 2.40. The number of nitrogens with one attached hydrogen (secondary N) is 2. The van der Waals surface area contributed by atoms with Gasteiger partial charge >= 0.3 is 0 Å². The first-order valence-corrected chi connectivity index (χ1v) is 13.3. The molecule has 2 heterocycles. The fourth-order valence-electron chi connectivity index (χ4n) is 4.85. The summed E-state index contributed by atoms with van der Waals surface area (Å²) in [6, 6.07) is 15.3. The quantitative estimate of drug-likeness (QED) is 0.317. The summed E-state index contributed by atoms with van der Waals surface area (Å²) in [5, 5.41) is 6.42. The lowest BCUT2D eigenvalue weighted by molar-refractivity contribution is -0.134. The van der Waals surface area contributed by atoms with Gasteiger partial charge in [-0.15, -0.1) is 0 Å². The molecule has 10 nitrogen and oxygen atoms in total. The molecule has 11 heteroatoms. The Kier molecular flexibility index (Phi) is 6.26. The monoisotopic (exact) mass is 521 g/mol. The van der Waals surface area contributed by atoms with Crippen molar-refractivity contribution in [2.24, 2.45) is 0 Å². The summed E-state index contributed by atoms with van der Waals surface area (Å²) < 4.78 is 30.4. The minimum Gasteiger partial charge on any atom is -0.351 e. The van der Waals surface area contributed by atoms with Gasteiger partial charge in [-0.25, -0.2) is 0 Å². The van der Waals surface area contributed by atoms with Crippen LogP contribution in [-0.2, 0) is 26.1 Å². The Bertz CT molecular complexity index is 1570. The Morgan fingerprint density at radius 1 is 1.05 bits per heavy atom. The molecule has 0 saturated carbocycles. The van der Waals surface area contributed by atoms with Crippen LogP contribution in [0.15, 0.2) is 54.6 Å². The smallest absolute Gasteiger partial charge is 0.266 e. The number of carbonyl (C=O) groups is 4. The average Bonchev–Trinajstić information content (AvgIpc) is 3.13. The molecule has 4 amide bonds. The molecular formula is C26H23N3O7S. The Morgan fingerprint density at radius 2 is 1.81 bits per heavy atom. The fraction of sp³-hybridized carbons (Fsp3) is 0.231. The van der Waals surface area contributed by atoms with Crippen molar-refractivity contribution in [1.29, 1.82) is 0 Å². The maximum atomic E-state index is 13.3. The summed E-state index contributed by atoms with van der Waals surface area (Å²) >= 11 is 0. The van der Waals surface area contributed by atoms with Crippen molar-refractivity contribution in [3.8, 4) is 0 Å². The molecule has 37 heavy (non-hydrogen) atoms. The van der Waals surface area contributed by atoms with Crippen LogP contribution >= 0.6 is 0 Å². The Balaban J connectivity index is 1.38. The van der Waals surface area contributed by atoms with Gasteiger partial charge in [-0.05, 0) is 53.6 Å². The lowest BCUT2D eigenvalue weighted by Gasteiger charge is -2.30. The van der Waals surface area contributed by atoms with Crippen molar-refractivity contribution in [2.45, 2.75) is 25.3 Å². The SMILES string of the molecule is O=C1CCC(N2C(=O)c3cccc4c(Cc5ccc(C(=O)NCCS(=O)(=O)O)cc5)ccc2c34)C(=O)N1. The number of hydrogen-bond donors (Lipinski definition) is 3. The summed E-state index contributed by atoms with van der Waals surface area (Å²) in [6.07, 6.45) is 0.965. The molecule has 3 aromatic rings. The van der Waals surface area contributed by atoms with Gasteiger partial charge in [0.25, 0.3) is 21.9 Å². The zero-order chi connectivity index (χ0) is 26.3. The van der Waals surface area contributed by atoms with E-state index in [9.17, 15) is 27.6 Å². The number of hydrogen-bond acceptors (Lipinski definition) is 6. The fourth-order valence-corrected chi connectivity index (χ4v) is 5.21. The van der Waals surface area contributed by atoms with Gasteiger partial charge < -0.3 is 5.32 Å². The van der Waals surface area contributed by atoms with Crippen molar-refractivity contribution in [2.75, 3.05) is 17.2 Å². The molecule has 1 unspecified atom stereocenters. The highest BCUT2D eigenvalue weighted by molar-refractivity contribution is 7.85. The molecule has 1 atom stereocenters. The second-order valence-corrected chi connectivity index (χ2v) is 10.6.